The van der Waals surface area contributed by atoms with Gasteiger partial charge in [0.2, 0.25) is 5.91 Å². The SMILES string of the molecule is COCCCNC(=O)CC(c1cccc(OCc2ccccc2)c1)c1cn(C)c2ccccc12. The van der Waals surface area contributed by atoms with E-state index in [4.69, 9.17) is 9.47 Å². The normalized spacial score (nSPS) is 11.9. The van der Waals surface area contributed by atoms with E-state index in [0.29, 0.717) is 26.2 Å². The average molecular weight is 457 g/mol. The number of aromatic nitrogens is 1. The van der Waals surface area contributed by atoms with E-state index in [-0.39, 0.29) is 11.8 Å². The Labute approximate surface area is 201 Å². The Bertz CT molecular complexity index is 1220. The van der Waals surface area contributed by atoms with Crippen molar-refractivity contribution in [2.45, 2.75) is 25.4 Å². The minimum Gasteiger partial charge on any atom is -0.489 e. The Kier molecular flexibility index (Phi) is 7.99. The van der Waals surface area contributed by atoms with Crippen molar-refractivity contribution in [2.75, 3.05) is 20.3 Å². The molecule has 5 nitrogen and oxygen atoms in total. The lowest BCUT2D eigenvalue weighted by molar-refractivity contribution is -0.121. The molecule has 1 aromatic heterocycles. The van der Waals surface area contributed by atoms with Crippen LogP contribution < -0.4 is 10.1 Å². The summed E-state index contributed by atoms with van der Waals surface area (Å²) in [6, 6.07) is 26.6. The molecule has 1 atom stereocenters. The molecular formula is C29H32N2O3. The summed E-state index contributed by atoms with van der Waals surface area (Å²) in [4.78, 5) is 12.9. The van der Waals surface area contributed by atoms with Crippen LogP contribution in [0.2, 0.25) is 0 Å². The fraction of sp³-hybridized carbons (Fsp3) is 0.276. The number of rotatable bonds is 11. The van der Waals surface area contributed by atoms with Crippen LogP contribution in [0.25, 0.3) is 10.9 Å². The number of para-hydroxylation sites is 1. The lowest BCUT2D eigenvalue weighted by atomic mass is 9.88. The molecule has 0 aliphatic carbocycles. The van der Waals surface area contributed by atoms with Gasteiger partial charge in [-0.3, -0.25) is 4.79 Å². The Morgan fingerprint density at radius 1 is 1.00 bits per heavy atom. The summed E-state index contributed by atoms with van der Waals surface area (Å²) in [5.41, 5.74) is 4.48. The maximum atomic E-state index is 12.9. The number of ether oxygens (including phenoxy) is 2. The van der Waals surface area contributed by atoms with Gasteiger partial charge in [-0.15, -0.1) is 0 Å². The van der Waals surface area contributed by atoms with E-state index in [2.05, 4.69) is 52.5 Å². The van der Waals surface area contributed by atoms with Gasteiger partial charge in [-0.25, -0.2) is 0 Å². The van der Waals surface area contributed by atoms with Crippen molar-refractivity contribution in [3.8, 4) is 5.75 Å². The van der Waals surface area contributed by atoms with E-state index in [1.807, 2.05) is 49.5 Å². The molecule has 34 heavy (non-hydrogen) atoms. The number of amides is 1. The molecule has 0 bridgehead atoms. The highest BCUT2D eigenvalue weighted by Gasteiger charge is 2.22. The predicted molar refractivity (Wildman–Crippen MR) is 136 cm³/mol. The second-order valence-corrected chi connectivity index (χ2v) is 8.51. The maximum absolute atomic E-state index is 12.9. The van der Waals surface area contributed by atoms with E-state index in [1.165, 1.54) is 0 Å². The van der Waals surface area contributed by atoms with E-state index < -0.39 is 0 Å². The molecule has 176 valence electrons. The van der Waals surface area contributed by atoms with Crippen LogP contribution in [0.15, 0.2) is 85.1 Å². The fourth-order valence-corrected chi connectivity index (χ4v) is 4.32. The van der Waals surface area contributed by atoms with E-state index >= 15 is 0 Å². The third-order valence-electron chi connectivity index (χ3n) is 6.05. The van der Waals surface area contributed by atoms with Crippen LogP contribution in [-0.2, 0) is 23.2 Å². The van der Waals surface area contributed by atoms with Crippen molar-refractivity contribution in [3.63, 3.8) is 0 Å². The van der Waals surface area contributed by atoms with Crippen molar-refractivity contribution < 1.29 is 14.3 Å². The highest BCUT2D eigenvalue weighted by Crippen LogP contribution is 2.35. The maximum Gasteiger partial charge on any atom is 0.220 e. The topological polar surface area (TPSA) is 52.5 Å². The lowest BCUT2D eigenvalue weighted by Crippen LogP contribution is -2.27. The number of carbonyl (C=O) groups is 1. The zero-order chi connectivity index (χ0) is 23.8. The van der Waals surface area contributed by atoms with E-state index in [9.17, 15) is 4.79 Å². The summed E-state index contributed by atoms with van der Waals surface area (Å²) >= 11 is 0. The van der Waals surface area contributed by atoms with Gasteiger partial charge in [0.05, 0.1) is 0 Å². The van der Waals surface area contributed by atoms with Gasteiger partial charge in [-0.2, -0.15) is 0 Å². The summed E-state index contributed by atoms with van der Waals surface area (Å²) in [6.45, 7) is 1.74. The number of nitrogens with zero attached hydrogens (tertiary/aromatic N) is 1. The van der Waals surface area contributed by atoms with Gasteiger partial charge in [0.25, 0.3) is 0 Å². The molecule has 0 saturated carbocycles. The van der Waals surface area contributed by atoms with Gasteiger partial charge in [0, 0.05) is 56.7 Å². The molecule has 1 N–H and O–H groups in total. The summed E-state index contributed by atoms with van der Waals surface area (Å²) in [6.07, 6.45) is 3.30. The van der Waals surface area contributed by atoms with Gasteiger partial charge in [0.15, 0.2) is 0 Å². The number of fused-ring (bicyclic) bond motifs is 1. The molecular weight excluding hydrogens is 424 g/mol. The van der Waals surface area contributed by atoms with Crippen molar-refractivity contribution >= 4 is 16.8 Å². The highest BCUT2D eigenvalue weighted by molar-refractivity contribution is 5.86. The first-order chi connectivity index (χ1) is 16.7. The molecule has 1 amide bonds. The Morgan fingerprint density at radius 2 is 1.79 bits per heavy atom. The summed E-state index contributed by atoms with van der Waals surface area (Å²) in [7, 11) is 3.72. The third-order valence-corrected chi connectivity index (χ3v) is 6.05. The van der Waals surface area contributed by atoms with Crippen molar-refractivity contribution in [2.24, 2.45) is 7.05 Å². The van der Waals surface area contributed by atoms with Crippen molar-refractivity contribution in [3.05, 3.63) is 102 Å². The zero-order valence-electron chi connectivity index (χ0n) is 19.9. The second kappa shape index (κ2) is 11.5. The van der Waals surface area contributed by atoms with Gasteiger partial charge in [0.1, 0.15) is 12.4 Å². The van der Waals surface area contributed by atoms with Gasteiger partial charge in [-0.1, -0.05) is 60.7 Å². The van der Waals surface area contributed by atoms with Crippen LogP contribution in [0, 0.1) is 0 Å². The highest BCUT2D eigenvalue weighted by atomic mass is 16.5. The van der Waals surface area contributed by atoms with Gasteiger partial charge < -0.3 is 19.4 Å². The molecule has 0 spiro atoms. The third kappa shape index (κ3) is 5.86. The monoisotopic (exact) mass is 456 g/mol. The first-order valence-electron chi connectivity index (χ1n) is 11.7. The molecule has 1 unspecified atom stereocenters. The number of aryl methyl sites for hydroxylation is 1. The standard InChI is InChI=1S/C29H32N2O3/c1-31-20-27(25-14-6-7-15-28(25)31)26(19-29(32)30-16-9-17-33-2)23-12-8-13-24(18-23)34-21-22-10-4-3-5-11-22/h3-8,10-15,18,20,26H,9,16-17,19,21H2,1-2H3,(H,30,32). The van der Waals surface area contributed by atoms with Crippen molar-refractivity contribution in [1.82, 2.24) is 9.88 Å². The summed E-state index contributed by atoms with van der Waals surface area (Å²) in [5.74, 6) is 0.741. The van der Waals surface area contributed by atoms with Gasteiger partial charge >= 0.3 is 0 Å². The van der Waals surface area contributed by atoms with Crippen LogP contribution in [0.1, 0.15) is 35.4 Å². The smallest absolute Gasteiger partial charge is 0.220 e. The number of benzene rings is 3. The van der Waals surface area contributed by atoms with E-state index in [1.54, 1.807) is 7.11 Å². The molecule has 3 aromatic carbocycles. The molecule has 0 aliphatic heterocycles. The van der Waals surface area contributed by atoms with Crippen LogP contribution in [-0.4, -0.2) is 30.7 Å². The average Bonchev–Trinajstić information content (AvgIpc) is 3.21. The Balaban J connectivity index is 1.60. The molecule has 4 aromatic rings. The quantitative estimate of drug-likeness (QED) is 0.306. The second-order valence-electron chi connectivity index (χ2n) is 8.51. The molecule has 1 heterocycles. The van der Waals surface area contributed by atoms with Crippen LogP contribution >= 0.6 is 0 Å². The van der Waals surface area contributed by atoms with Crippen LogP contribution in [0.3, 0.4) is 0 Å². The number of hydrogen-bond donors (Lipinski definition) is 1. The fourth-order valence-electron chi connectivity index (χ4n) is 4.32. The predicted octanol–water partition coefficient (Wildman–Crippen LogP) is 5.43. The molecule has 4 rings (SSSR count). The Morgan fingerprint density at radius 3 is 2.62 bits per heavy atom. The summed E-state index contributed by atoms with van der Waals surface area (Å²) in [5, 5.41) is 4.21. The number of hydrogen-bond acceptors (Lipinski definition) is 3. The Hall–Kier alpha value is -3.57. The van der Waals surface area contributed by atoms with Crippen LogP contribution in [0.4, 0.5) is 0 Å². The lowest BCUT2D eigenvalue weighted by Gasteiger charge is -2.18. The minimum absolute atomic E-state index is 0.0321. The molecule has 0 aliphatic rings. The summed E-state index contributed by atoms with van der Waals surface area (Å²) < 4.78 is 13.3. The first kappa shape index (κ1) is 23.6. The van der Waals surface area contributed by atoms with Gasteiger partial charge in [-0.05, 0) is 41.3 Å². The number of methoxy groups -OCH3 is 1. The first-order valence-corrected chi connectivity index (χ1v) is 11.7. The largest absolute Gasteiger partial charge is 0.489 e. The number of carbonyl (C=O) groups excluding carboxylic acids is 1. The molecule has 0 saturated heterocycles. The zero-order valence-corrected chi connectivity index (χ0v) is 19.9. The van der Waals surface area contributed by atoms with E-state index in [0.717, 1.165) is 39.8 Å². The number of nitrogens with one attached hydrogen (secondary N) is 1. The minimum atomic E-state index is -0.0891. The molecule has 5 heteroatoms. The van der Waals surface area contributed by atoms with Crippen molar-refractivity contribution in [1.29, 1.82) is 0 Å². The molecule has 0 fully saturated rings. The molecule has 0 radical (unpaired) electrons. The van der Waals surface area contributed by atoms with Crippen LogP contribution in [0.5, 0.6) is 5.75 Å².